The average molecular weight is 205 g/mol. The number of nitrogen functional groups attached to an aromatic ring is 1. The fraction of sp³-hybridized carbons (Fsp3) is 0.200. The third-order valence-electron chi connectivity index (χ3n) is 1.65. The van der Waals surface area contributed by atoms with Gasteiger partial charge in [0.2, 0.25) is 0 Å². The molecule has 0 atom stereocenters. The third kappa shape index (κ3) is 2.97. The number of hydrogen-bond donors (Lipinski definition) is 3. The van der Waals surface area contributed by atoms with Gasteiger partial charge in [0.15, 0.2) is 0 Å². The van der Waals surface area contributed by atoms with Gasteiger partial charge in [-0.2, -0.15) is 0 Å². The lowest BCUT2D eigenvalue weighted by atomic mass is 10.2. The van der Waals surface area contributed by atoms with Crippen LogP contribution in [0.5, 0.6) is 0 Å². The molecule has 5 N–H and O–H groups in total. The molecule has 1 rings (SSSR count). The van der Waals surface area contributed by atoms with Crippen molar-refractivity contribution < 1.29 is 9.90 Å². The molecule has 0 amide bonds. The highest BCUT2D eigenvalue weighted by molar-refractivity contribution is 5.92. The Morgan fingerprint density at radius 2 is 2.33 bits per heavy atom. The molecule has 0 aliphatic carbocycles. The Kier molecular flexibility index (Phi) is 3.66. The minimum atomic E-state index is -1.11. The van der Waals surface area contributed by atoms with E-state index in [1.165, 1.54) is 12.3 Å². The second-order valence-electron chi connectivity index (χ2n) is 2.80. The van der Waals surface area contributed by atoms with Crippen molar-refractivity contribution in [1.82, 2.24) is 4.98 Å². The molecule has 0 radical (unpaired) electrons. The molecule has 5 heteroatoms. The normalized spacial score (nSPS) is 9.13. The summed E-state index contributed by atoms with van der Waals surface area (Å²) in [6.07, 6.45) is 2.00. The lowest BCUT2D eigenvalue weighted by Crippen LogP contribution is -2.04. The highest BCUT2D eigenvalue weighted by Gasteiger charge is 2.08. The number of rotatable bonds is 2. The van der Waals surface area contributed by atoms with Crippen LogP contribution >= 0.6 is 0 Å². The summed E-state index contributed by atoms with van der Waals surface area (Å²) in [5.74, 6) is 4.43. The molecular formula is C10H11N3O2. The van der Waals surface area contributed by atoms with Crippen molar-refractivity contribution in [3.63, 3.8) is 0 Å². The maximum absolute atomic E-state index is 10.7. The first-order chi connectivity index (χ1) is 7.15. The zero-order valence-electron chi connectivity index (χ0n) is 8.03. The van der Waals surface area contributed by atoms with Gasteiger partial charge in [0.1, 0.15) is 11.4 Å². The zero-order chi connectivity index (χ0) is 11.3. The number of aromatic carboxylic acids is 1. The van der Waals surface area contributed by atoms with Crippen molar-refractivity contribution in [2.24, 2.45) is 5.73 Å². The monoisotopic (exact) mass is 205 g/mol. The van der Waals surface area contributed by atoms with Crippen LogP contribution in [0.15, 0.2) is 12.3 Å². The van der Waals surface area contributed by atoms with Gasteiger partial charge in [-0.3, -0.25) is 0 Å². The smallest absolute Gasteiger partial charge is 0.339 e. The number of nitrogens with two attached hydrogens (primary N) is 2. The lowest BCUT2D eigenvalue weighted by molar-refractivity contribution is 0.0697. The SMILES string of the molecule is NCCC#Cc1cnc(N)c(C(=O)O)c1. The number of anilines is 1. The van der Waals surface area contributed by atoms with Gasteiger partial charge in [-0.25, -0.2) is 9.78 Å². The maximum Gasteiger partial charge on any atom is 0.339 e. The summed E-state index contributed by atoms with van der Waals surface area (Å²) in [5, 5.41) is 8.77. The first-order valence-electron chi connectivity index (χ1n) is 4.33. The molecular weight excluding hydrogens is 194 g/mol. The van der Waals surface area contributed by atoms with Crippen LogP contribution in [0.4, 0.5) is 5.82 Å². The minimum absolute atomic E-state index is 0.00752. The van der Waals surface area contributed by atoms with Crippen LogP contribution in [0, 0.1) is 11.8 Å². The summed E-state index contributed by atoms with van der Waals surface area (Å²) in [6, 6.07) is 1.40. The van der Waals surface area contributed by atoms with E-state index in [0.717, 1.165) is 0 Å². The number of nitrogens with zero attached hydrogens (tertiary/aromatic N) is 1. The Labute approximate surface area is 87.1 Å². The van der Waals surface area contributed by atoms with Crippen LogP contribution in [0.2, 0.25) is 0 Å². The zero-order valence-corrected chi connectivity index (χ0v) is 8.03. The van der Waals surface area contributed by atoms with Crippen LogP contribution in [0.25, 0.3) is 0 Å². The Hall–Kier alpha value is -2.06. The Balaban J connectivity index is 2.99. The van der Waals surface area contributed by atoms with E-state index in [1.807, 2.05) is 0 Å². The van der Waals surface area contributed by atoms with Gasteiger partial charge in [-0.1, -0.05) is 11.8 Å². The first-order valence-corrected chi connectivity index (χ1v) is 4.33. The third-order valence-corrected chi connectivity index (χ3v) is 1.65. The van der Waals surface area contributed by atoms with Crippen molar-refractivity contribution >= 4 is 11.8 Å². The minimum Gasteiger partial charge on any atom is -0.478 e. The molecule has 0 aromatic carbocycles. The molecule has 0 aliphatic rings. The molecule has 0 saturated heterocycles. The average Bonchev–Trinajstić information content (AvgIpc) is 2.20. The van der Waals surface area contributed by atoms with Gasteiger partial charge in [0.05, 0.1) is 0 Å². The second-order valence-corrected chi connectivity index (χ2v) is 2.80. The number of aromatic nitrogens is 1. The Morgan fingerprint density at radius 3 is 2.93 bits per heavy atom. The molecule has 15 heavy (non-hydrogen) atoms. The quantitative estimate of drug-likeness (QED) is 0.592. The molecule has 1 heterocycles. The Bertz CT molecular complexity index is 432. The van der Waals surface area contributed by atoms with Gasteiger partial charge >= 0.3 is 5.97 Å². The second kappa shape index (κ2) is 4.98. The topological polar surface area (TPSA) is 102 Å². The van der Waals surface area contributed by atoms with Gasteiger partial charge in [0, 0.05) is 24.7 Å². The number of carbonyl (C=O) groups is 1. The lowest BCUT2D eigenvalue weighted by Gasteiger charge is -1.99. The van der Waals surface area contributed by atoms with E-state index in [2.05, 4.69) is 16.8 Å². The predicted molar refractivity (Wildman–Crippen MR) is 56.2 cm³/mol. The fourth-order valence-electron chi connectivity index (χ4n) is 0.952. The van der Waals surface area contributed by atoms with E-state index in [0.29, 0.717) is 18.5 Å². The molecule has 1 aromatic rings. The molecule has 0 fully saturated rings. The van der Waals surface area contributed by atoms with Crippen molar-refractivity contribution in [1.29, 1.82) is 0 Å². The number of carboxylic acids is 1. The molecule has 0 unspecified atom stereocenters. The molecule has 1 aromatic heterocycles. The summed E-state index contributed by atoms with van der Waals surface area (Å²) in [7, 11) is 0. The van der Waals surface area contributed by atoms with Gasteiger partial charge in [-0.15, -0.1) is 0 Å². The standard InChI is InChI=1S/C10H11N3O2/c11-4-2-1-3-7-5-8(10(14)15)9(12)13-6-7/h5-6H,2,4,11H2,(H2,12,13)(H,14,15). The summed E-state index contributed by atoms with van der Waals surface area (Å²) in [4.78, 5) is 14.5. The van der Waals surface area contributed by atoms with Gasteiger partial charge in [-0.05, 0) is 6.07 Å². The van der Waals surface area contributed by atoms with Crippen LogP contribution in [-0.4, -0.2) is 22.6 Å². The van der Waals surface area contributed by atoms with E-state index < -0.39 is 5.97 Å². The summed E-state index contributed by atoms with van der Waals surface area (Å²) in [6.45, 7) is 0.473. The van der Waals surface area contributed by atoms with E-state index in [-0.39, 0.29) is 11.4 Å². The van der Waals surface area contributed by atoms with E-state index in [1.54, 1.807) is 0 Å². The van der Waals surface area contributed by atoms with Crippen molar-refractivity contribution in [2.75, 3.05) is 12.3 Å². The molecule has 0 bridgehead atoms. The molecule has 0 saturated carbocycles. The molecule has 0 spiro atoms. The van der Waals surface area contributed by atoms with E-state index >= 15 is 0 Å². The van der Waals surface area contributed by atoms with Crippen LogP contribution < -0.4 is 11.5 Å². The molecule has 78 valence electrons. The van der Waals surface area contributed by atoms with Gasteiger partial charge in [0.25, 0.3) is 0 Å². The van der Waals surface area contributed by atoms with Crippen LogP contribution in [0.3, 0.4) is 0 Å². The Morgan fingerprint density at radius 1 is 1.60 bits per heavy atom. The maximum atomic E-state index is 10.7. The van der Waals surface area contributed by atoms with Crippen molar-refractivity contribution in [3.8, 4) is 11.8 Å². The number of carboxylic acid groups (broad SMARTS) is 1. The molecule has 5 nitrogen and oxygen atoms in total. The number of hydrogen-bond acceptors (Lipinski definition) is 4. The number of pyridine rings is 1. The largest absolute Gasteiger partial charge is 0.478 e. The van der Waals surface area contributed by atoms with Crippen LogP contribution in [-0.2, 0) is 0 Å². The summed E-state index contributed by atoms with van der Waals surface area (Å²) >= 11 is 0. The summed E-state index contributed by atoms with van der Waals surface area (Å²) < 4.78 is 0. The highest BCUT2D eigenvalue weighted by atomic mass is 16.4. The van der Waals surface area contributed by atoms with Gasteiger partial charge < -0.3 is 16.6 Å². The molecule has 0 aliphatic heterocycles. The first kappa shape index (κ1) is 11.0. The fourth-order valence-corrected chi connectivity index (χ4v) is 0.952. The highest BCUT2D eigenvalue weighted by Crippen LogP contribution is 2.09. The summed E-state index contributed by atoms with van der Waals surface area (Å²) in [5.41, 5.74) is 11.1. The predicted octanol–water partition coefficient (Wildman–Crippen LogP) is 0.0623. The van der Waals surface area contributed by atoms with Crippen molar-refractivity contribution in [3.05, 3.63) is 23.4 Å². The van der Waals surface area contributed by atoms with E-state index in [9.17, 15) is 4.79 Å². The van der Waals surface area contributed by atoms with E-state index in [4.69, 9.17) is 16.6 Å². The van der Waals surface area contributed by atoms with Crippen LogP contribution in [0.1, 0.15) is 22.3 Å². The van der Waals surface area contributed by atoms with Crippen molar-refractivity contribution in [2.45, 2.75) is 6.42 Å².